The molecule has 116 valence electrons. The lowest BCUT2D eigenvalue weighted by Gasteiger charge is -2.37. The summed E-state index contributed by atoms with van der Waals surface area (Å²) in [6.45, 7) is 7.12. The van der Waals surface area contributed by atoms with Crippen molar-refractivity contribution >= 4 is 33.5 Å². The Kier molecular flexibility index (Phi) is 5.11. The quantitative estimate of drug-likeness (QED) is 0.595. The van der Waals surface area contributed by atoms with Crippen molar-refractivity contribution in [1.29, 1.82) is 0 Å². The van der Waals surface area contributed by atoms with Crippen molar-refractivity contribution in [1.82, 2.24) is 9.88 Å². The Balaban J connectivity index is 2.12. The molecule has 1 atom stereocenters. The van der Waals surface area contributed by atoms with Crippen molar-refractivity contribution in [2.75, 3.05) is 13.1 Å². The number of ether oxygens (including phenoxy) is 2. The van der Waals surface area contributed by atoms with Gasteiger partial charge in [-0.2, -0.15) is 0 Å². The highest BCUT2D eigenvalue weighted by molar-refractivity contribution is 9.10. The summed E-state index contributed by atoms with van der Waals surface area (Å²) in [5, 5.41) is 0.347. The molecule has 0 unspecified atom stereocenters. The lowest BCUT2D eigenvalue weighted by atomic mass is 10.2. The van der Waals surface area contributed by atoms with Crippen molar-refractivity contribution in [3.8, 4) is 5.75 Å². The van der Waals surface area contributed by atoms with Crippen LogP contribution < -0.4 is 4.74 Å². The summed E-state index contributed by atoms with van der Waals surface area (Å²) in [6, 6.07) is 1.69. The van der Waals surface area contributed by atoms with Crippen LogP contribution in [0, 0.1) is 0 Å². The second kappa shape index (κ2) is 6.50. The number of carbonyl (C=O) groups excluding carboxylic acids is 1. The van der Waals surface area contributed by atoms with Gasteiger partial charge >= 0.3 is 5.97 Å². The number of esters is 1. The molecule has 5 nitrogen and oxygen atoms in total. The number of halogens is 2. The van der Waals surface area contributed by atoms with Crippen LogP contribution in [-0.4, -0.2) is 40.8 Å². The van der Waals surface area contributed by atoms with Crippen molar-refractivity contribution in [2.45, 2.75) is 39.0 Å². The van der Waals surface area contributed by atoms with Crippen LogP contribution in [0.3, 0.4) is 0 Å². The maximum Gasteiger partial charge on any atom is 0.363 e. The van der Waals surface area contributed by atoms with Crippen LogP contribution in [0.5, 0.6) is 5.75 Å². The maximum atomic E-state index is 12.3. The predicted octanol–water partition coefficient (Wildman–Crippen LogP) is 3.25. The normalized spacial score (nSPS) is 17.0. The fourth-order valence-electron chi connectivity index (χ4n) is 1.80. The van der Waals surface area contributed by atoms with Gasteiger partial charge in [0.1, 0.15) is 16.5 Å². The molecule has 21 heavy (non-hydrogen) atoms. The molecule has 0 N–H and O–H groups in total. The standard InChI is InChI=1S/C14H18BrClN2O3/c1-14(2,3)21-13(19)12(18-5-4-6-18)20-9-7-10(15)11(16)17-8-9/h7-8,12H,4-6H2,1-3H3/t12-/m0/s1. The van der Waals surface area contributed by atoms with Gasteiger partial charge in [0, 0.05) is 13.1 Å². The van der Waals surface area contributed by atoms with Gasteiger partial charge in [0.2, 0.25) is 0 Å². The first-order chi connectivity index (χ1) is 9.76. The van der Waals surface area contributed by atoms with Crippen molar-refractivity contribution in [3.63, 3.8) is 0 Å². The Hall–Kier alpha value is -0.850. The van der Waals surface area contributed by atoms with E-state index in [0.29, 0.717) is 15.4 Å². The molecule has 2 heterocycles. The van der Waals surface area contributed by atoms with E-state index in [2.05, 4.69) is 20.9 Å². The van der Waals surface area contributed by atoms with Crippen molar-refractivity contribution < 1.29 is 14.3 Å². The smallest absolute Gasteiger partial charge is 0.363 e. The van der Waals surface area contributed by atoms with Crippen LogP contribution in [0.4, 0.5) is 0 Å². The Labute approximate surface area is 137 Å². The molecule has 1 saturated heterocycles. The molecule has 0 aromatic carbocycles. The van der Waals surface area contributed by atoms with Gasteiger partial charge in [0.25, 0.3) is 6.23 Å². The van der Waals surface area contributed by atoms with E-state index in [1.165, 1.54) is 6.20 Å². The number of hydrogen-bond donors (Lipinski definition) is 0. The van der Waals surface area contributed by atoms with Crippen LogP contribution in [-0.2, 0) is 9.53 Å². The Bertz CT molecular complexity index is 529. The summed E-state index contributed by atoms with van der Waals surface area (Å²) < 4.78 is 11.8. The first-order valence-electron chi connectivity index (χ1n) is 6.71. The SMILES string of the molecule is CC(C)(C)OC(=O)[C@H](Oc1cnc(Cl)c(Br)c1)N1CCC1. The summed E-state index contributed by atoms with van der Waals surface area (Å²) in [6.07, 6.45) is 1.78. The third-order valence-electron chi connectivity index (χ3n) is 2.85. The van der Waals surface area contributed by atoms with Crippen LogP contribution in [0.25, 0.3) is 0 Å². The lowest BCUT2D eigenvalue weighted by Crippen LogP contribution is -2.53. The van der Waals surface area contributed by atoms with E-state index in [4.69, 9.17) is 21.1 Å². The molecule has 0 aliphatic carbocycles. The third-order valence-corrected chi connectivity index (χ3v) is 3.98. The number of hydrogen-bond acceptors (Lipinski definition) is 5. The second-order valence-corrected chi connectivity index (χ2v) is 7.05. The minimum Gasteiger partial charge on any atom is -0.462 e. The minimum atomic E-state index is -0.757. The first-order valence-corrected chi connectivity index (χ1v) is 7.88. The van der Waals surface area contributed by atoms with Gasteiger partial charge < -0.3 is 9.47 Å². The largest absolute Gasteiger partial charge is 0.462 e. The van der Waals surface area contributed by atoms with Crippen molar-refractivity contribution in [3.05, 3.63) is 21.9 Å². The van der Waals surface area contributed by atoms with Crippen LogP contribution in [0.2, 0.25) is 5.15 Å². The van der Waals surface area contributed by atoms with Gasteiger partial charge in [-0.15, -0.1) is 0 Å². The molecule has 1 aliphatic rings. The highest BCUT2D eigenvalue weighted by atomic mass is 79.9. The zero-order valence-electron chi connectivity index (χ0n) is 12.2. The van der Waals surface area contributed by atoms with Gasteiger partial charge in [-0.25, -0.2) is 9.78 Å². The summed E-state index contributed by atoms with van der Waals surface area (Å²) in [4.78, 5) is 18.2. The fourth-order valence-corrected chi connectivity index (χ4v) is 2.23. The monoisotopic (exact) mass is 376 g/mol. The molecule has 1 aromatic heterocycles. The van der Waals surface area contributed by atoms with Crippen LogP contribution in [0.1, 0.15) is 27.2 Å². The van der Waals surface area contributed by atoms with Crippen LogP contribution >= 0.6 is 27.5 Å². The van der Waals surface area contributed by atoms with E-state index >= 15 is 0 Å². The Morgan fingerprint density at radius 1 is 1.48 bits per heavy atom. The average molecular weight is 378 g/mol. The molecule has 1 aliphatic heterocycles. The molecule has 1 fully saturated rings. The molecule has 7 heteroatoms. The zero-order chi connectivity index (χ0) is 15.6. The molecule has 0 spiro atoms. The lowest BCUT2D eigenvalue weighted by molar-refractivity contribution is -0.176. The number of rotatable bonds is 4. The molecular formula is C14H18BrClN2O3. The highest BCUT2D eigenvalue weighted by Gasteiger charge is 2.35. The molecular weight excluding hydrogens is 360 g/mol. The number of likely N-dealkylation sites (tertiary alicyclic amines) is 1. The molecule has 0 saturated carbocycles. The van der Waals surface area contributed by atoms with Gasteiger partial charge in [-0.1, -0.05) is 11.6 Å². The summed E-state index contributed by atoms with van der Waals surface area (Å²) in [5.41, 5.74) is -0.553. The topological polar surface area (TPSA) is 51.7 Å². The molecule has 2 rings (SSSR count). The third kappa shape index (κ3) is 4.56. The summed E-state index contributed by atoms with van der Waals surface area (Å²) >= 11 is 9.14. The number of aromatic nitrogens is 1. The minimum absolute atomic E-state index is 0.347. The first kappa shape index (κ1) is 16.5. The molecule has 1 aromatic rings. The average Bonchev–Trinajstić information content (AvgIpc) is 2.28. The van der Waals surface area contributed by atoms with Gasteiger partial charge in [0.05, 0.1) is 10.7 Å². The molecule has 0 amide bonds. The highest BCUT2D eigenvalue weighted by Crippen LogP contribution is 2.26. The number of pyridine rings is 1. The summed E-state index contributed by atoms with van der Waals surface area (Å²) in [7, 11) is 0. The second-order valence-electron chi connectivity index (χ2n) is 5.84. The van der Waals surface area contributed by atoms with Crippen molar-refractivity contribution in [2.24, 2.45) is 0 Å². The van der Waals surface area contributed by atoms with E-state index in [1.807, 2.05) is 25.7 Å². The van der Waals surface area contributed by atoms with Gasteiger partial charge in [-0.3, -0.25) is 4.90 Å². The summed E-state index contributed by atoms with van der Waals surface area (Å²) in [5.74, 6) is 0.0716. The van der Waals surface area contributed by atoms with Gasteiger partial charge in [0.15, 0.2) is 0 Å². The van der Waals surface area contributed by atoms with E-state index in [0.717, 1.165) is 19.5 Å². The Morgan fingerprint density at radius 2 is 2.14 bits per heavy atom. The van der Waals surface area contributed by atoms with E-state index < -0.39 is 17.8 Å². The maximum absolute atomic E-state index is 12.3. The van der Waals surface area contributed by atoms with E-state index in [-0.39, 0.29) is 0 Å². The number of nitrogens with zero attached hydrogens (tertiary/aromatic N) is 2. The Morgan fingerprint density at radius 3 is 2.62 bits per heavy atom. The fraction of sp³-hybridized carbons (Fsp3) is 0.571. The van der Waals surface area contributed by atoms with E-state index in [1.54, 1.807) is 6.07 Å². The van der Waals surface area contributed by atoms with Gasteiger partial charge in [-0.05, 0) is 49.2 Å². The predicted molar refractivity (Wildman–Crippen MR) is 83.4 cm³/mol. The zero-order valence-corrected chi connectivity index (χ0v) is 14.6. The van der Waals surface area contributed by atoms with E-state index in [9.17, 15) is 4.79 Å². The molecule has 0 bridgehead atoms. The van der Waals surface area contributed by atoms with Crippen LogP contribution in [0.15, 0.2) is 16.7 Å². The molecule has 0 radical (unpaired) electrons. The number of carbonyl (C=O) groups is 1.